The SMILES string of the molecule is C(CNc1nc(NCCCN2CCOCC2)nc(NC(Nc2nc(NCCCN3CCOCC3)nc(NCCCN3CCOCC3)n2)(Nc2nc(NCCCN3CCOCC3)nc(NCCCN3CCOCC3)n2)Nc2nc(NCCCN3CCOCC3)nc(NCCCN3CCOCC3)n2)n1)CN1CCOCC1. The van der Waals surface area contributed by atoms with Crippen LogP contribution in [0.1, 0.15) is 51.4 Å². The Labute approximate surface area is 642 Å². The minimum absolute atomic E-state index is 0.125. The molecule has 109 heavy (non-hydrogen) atoms. The van der Waals surface area contributed by atoms with Crippen LogP contribution in [0.2, 0.25) is 0 Å². The molecule has 4 aromatic rings. The predicted molar refractivity (Wildman–Crippen MR) is 419 cm³/mol. The summed E-state index contributed by atoms with van der Waals surface area (Å²) in [5, 5.41) is 43.4. The molecular weight excluding hydrogens is 1400 g/mol. The second-order valence-electron chi connectivity index (χ2n) is 28.3. The standard InChI is InChI=1S/C69H124N32O8/c1(17-94-25-41-102-42-26-94)9-70-57-78-58(71-10-2-18-95-27-43-103-44-28-95)83-65(82-57)90-69(91-66-84-59(72-11-3-19-96-29-45-104-46-30-96)79-60(85-66)73-12-4-20-97-31-47-105-48-32-97,92-67-86-61(74-13-5-21-98-33-49-106-50-34-98)80-62(87-67)75-14-6-22-99-35-51-107-52-36-99)93-68-88-63(76-15-7-23-100-37-53-108-54-38-100)81-64(89-68)77-16-8-24-101-39-55-109-56-40-101/h1-56H2,(H3,70,71,78,82,83,90)(H3,72,73,79,84,85,91)(H3,74,75,80,86,87,92)(H3,76,77,81,88,89,93). The smallest absolute Gasteiger partial charge is 0.277 e. The quantitative estimate of drug-likeness (QED) is 0.0202. The van der Waals surface area contributed by atoms with Gasteiger partial charge in [-0.25, -0.2) is 0 Å². The molecule has 12 rings (SSSR count). The van der Waals surface area contributed by atoms with Gasteiger partial charge < -0.3 is 80.4 Å². The number of hydrogen-bond donors (Lipinski definition) is 12. The van der Waals surface area contributed by atoms with E-state index in [1.165, 1.54) is 0 Å². The fourth-order valence-electron chi connectivity index (χ4n) is 13.8. The first-order valence-electron chi connectivity index (χ1n) is 40.4. The molecule has 0 bridgehead atoms. The Bertz CT molecular complexity index is 2570. The highest BCUT2D eigenvalue weighted by molar-refractivity contribution is 5.58. The van der Waals surface area contributed by atoms with Crippen molar-refractivity contribution in [1.29, 1.82) is 0 Å². The zero-order valence-corrected chi connectivity index (χ0v) is 64.3. The average Bonchev–Trinajstić information content (AvgIpc) is 0.785. The van der Waals surface area contributed by atoms with E-state index in [-0.39, 0.29) is 23.8 Å². The highest BCUT2D eigenvalue weighted by Crippen LogP contribution is 2.25. The number of rotatable bonds is 48. The molecule has 0 amide bonds. The van der Waals surface area contributed by atoms with E-state index in [0.29, 0.717) is 99.9 Å². The van der Waals surface area contributed by atoms with Crippen molar-refractivity contribution in [3.63, 3.8) is 0 Å². The molecule has 0 unspecified atom stereocenters. The highest BCUT2D eigenvalue weighted by Gasteiger charge is 2.37. The maximum atomic E-state index is 5.70. The largest absolute Gasteiger partial charge is 0.379 e. The molecule has 0 aliphatic carbocycles. The van der Waals surface area contributed by atoms with Crippen LogP contribution < -0.4 is 63.8 Å². The van der Waals surface area contributed by atoms with Crippen LogP contribution in [0, 0.1) is 0 Å². The van der Waals surface area contributed by atoms with Crippen LogP contribution >= 0.6 is 0 Å². The first-order valence-corrected chi connectivity index (χ1v) is 40.4. The third kappa shape index (κ3) is 30.2. The van der Waals surface area contributed by atoms with Crippen molar-refractivity contribution in [2.24, 2.45) is 0 Å². The van der Waals surface area contributed by atoms with Gasteiger partial charge in [-0.15, -0.1) is 0 Å². The number of anilines is 12. The lowest BCUT2D eigenvalue weighted by atomic mass is 10.3. The molecule has 12 heterocycles. The summed E-state index contributed by atoms with van der Waals surface area (Å²) in [6.45, 7) is 37.3. The third-order valence-corrected chi connectivity index (χ3v) is 20.0. The van der Waals surface area contributed by atoms with Crippen LogP contribution in [0.15, 0.2) is 0 Å². The summed E-state index contributed by atoms with van der Waals surface area (Å²) in [7, 11) is 0. The molecule has 40 heteroatoms. The molecule has 40 nitrogen and oxygen atoms in total. The van der Waals surface area contributed by atoms with E-state index in [0.717, 1.165) is 314 Å². The number of morpholine rings is 8. The van der Waals surface area contributed by atoms with Crippen molar-refractivity contribution in [3.05, 3.63) is 0 Å². The summed E-state index contributed by atoms with van der Waals surface area (Å²) in [5.41, 5.74) is 0. The number of aromatic nitrogens is 12. The van der Waals surface area contributed by atoms with Gasteiger partial charge in [-0.3, -0.25) is 60.5 Å². The van der Waals surface area contributed by atoms with Gasteiger partial charge in [0.05, 0.1) is 106 Å². The summed E-state index contributed by atoms with van der Waals surface area (Å²) in [4.78, 5) is 81.1. The first-order chi connectivity index (χ1) is 53.9. The van der Waals surface area contributed by atoms with Gasteiger partial charge in [-0.1, -0.05) is 0 Å². The van der Waals surface area contributed by atoms with Crippen LogP contribution in [0.4, 0.5) is 71.4 Å². The summed E-state index contributed by atoms with van der Waals surface area (Å²) in [6.07, 6.45) is 6.64. The molecule has 12 N–H and O–H groups in total. The van der Waals surface area contributed by atoms with Gasteiger partial charge in [0.1, 0.15) is 0 Å². The van der Waals surface area contributed by atoms with Crippen molar-refractivity contribution in [2.75, 3.05) is 379 Å². The van der Waals surface area contributed by atoms with Crippen LogP contribution in [0.25, 0.3) is 0 Å². The molecule has 0 aromatic carbocycles. The summed E-state index contributed by atoms with van der Waals surface area (Å²) < 4.78 is 45.6. The summed E-state index contributed by atoms with van der Waals surface area (Å²) in [5.74, 6) is 1.26. The van der Waals surface area contributed by atoms with Crippen molar-refractivity contribution < 1.29 is 37.9 Å². The van der Waals surface area contributed by atoms with E-state index in [1.54, 1.807) is 0 Å². The Balaban J connectivity index is 0.938. The van der Waals surface area contributed by atoms with E-state index in [1.807, 2.05) is 0 Å². The van der Waals surface area contributed by atoms with E-state index < -0.39 is 5.91 Å². The number of ether oxygens (including phenoxy) is 8. The van der Waals surface area contributed by atoms with Gasteiger partial charge in [0.15, 0.2) is 0 Å². The zero-order valence-electron chi connectivity index (χ0n) is 64.3. The van der Waals surface area contributed by atoms with Crippen LogP contribution in [-0.4, -0.2) is 420 Å². The van der Waals surface area contributed by atoms with E-state index >= 15 is 0 Å². The van der Waals surface area contributed by atoms with Gasteiger partial charge in [-0.05, 0) is 104 Å². The maximum absolute atomic E-state index is 5.70. The molecule has 0 saturated carbocycles. The van der Waals surface area contributed by atoms with E-state index in [4.69, 9.17) is 97.7 Å². The van der Waals surface area contributed by atoms with Crippen molar-refractivity contribution in [3.8, 4) is 0 Å². The lowest BCUT2D eigenvalue weighted by molar-refractivity contribution is 0.0377. The zero-order chi connectivity index (χ0) is 74.3. The van der Waals surface area contributed by atoms with Crippen LogP contribution in [0.5, 0.6) is 0 Å². The minimum atomic E-state index is -1.99. The molecule has 8 saturated heterocycles. The first kappa shape index (κ1) is 81.5. The topological polar surface area (TPSA) is 399 Å². The van der Waals surface area contributed by atoms with Crippen LogP contribution in [-0.2, 0) is 37.9 Å². The molecule has 8 aliphatic heterocycles. The Morgan fingerprint density at radius 2 is 0.303 bits per heavy atom. The summed E-state index contributed by atoms with van der Waals surface area (Å²) >= 11 is 0. The second kappa shape index (κ2) is 46.7. The summed E-state index contributed by atoms with van der Waals surface area (Å²) in [6, 6.07) is 0. The molecule has 608 valence electrons. The Kier molecular flexibility index (Phi) is 34.9. The predicted octanol–water partition coefficient (Wildman–Crippen LogP) is -0.140. The molecule has 0 spiro atoms. The molecule has 0 atom stereocenters. The van der Waals surface area contributed by atoms with Gasteiger partial charge in [0, 0.05) is 157 Å². The van der Waals surface area contributed by atoms with E-state index in [2.05, 4.69) is 103 Å². The number of hydrogen-bond acceptors (Lipinski definition) is 40. The van der Waals surface area contributed by atoms with E-state index in [9.17, 15) is 0 Å². The van der Waals surface area contributed by atoms with Gasteiger partial charge >= 0.3 is 0 Å². The van der Waals surface area contributed by atoms with Gasteiger partial charge in [0.2, 0.25) is 71.4 Å². The lowest BCUT2D eigenvalue weighted by Gasteiger charge is -2.36. The third-order valence-electron chi connectivity index (χ3n) is 20.0. The second-order valence-corrected chi connectivity index (χ2v) is 28.3. The van der Waals surface area contributed by atoms with Crippen molar-refractivity contribution in [2.45, 2.75) is 57.3 Å². The fourth-order valence-corrected chi connectivity index (χ4v) is 13.8. The molecule has 0 radical (unpaired) electrons. The Hall–Kier alpha value is -7.00. The monoisotopic (exact) mass is 1530 g/mol. The molecule has 8 aliphatic rings. The van der Waals surface area contributed by atoms with Crippen molar-refractivity contribution in [1.82, 2.24) is 99.0 Å². The number of nitrogens with zero attached hydrogens (tertiary/aromatic N) is 20. The maximum Gasteiger partial charge on any atom is 0.277 e. The molecular formula is C69H124N32O8. The highest BCUT2D eigenvalue weighted by atomic mass is 16.5. The Morgan fingerprint density at radius 1 is 0.183 bits per heavy atom. The lowest BCUT2D eigenvalue weighted by Crippen LogP contribution is -2.60. The van der Waals surface area contributed by atoms with Gasteiger partial charge in [-0.2, -0.15) is 59.8 Å². The fraction of sp³-hybridized carbons (Fsp3) is 0.826. The molecule has 4 aromatic heterocycles. The molecule has 8 fully saturated rings. The number of nitrogens with one attached hydrogen (secondary N) is 12. The average molecular weight is 1530 g/mol. The minimum Gasteiger partial charge on any atom is -0.379 e. The van der Waals surface area contributed by atoms with Crippen LogP contribution in [0.3, 0.4) is 0 Å². The normalized spacial score (nSPS) is 19.6. The van der Waals surface area contributed by atoms with Gasteiger partial charge in [0.25, 0.3) is 5.91 Å². The van der Waals surface area contributed by atoms with Crippen molar-refractivity contribution >= 4 is 71.4 Å². The Morgan fingerprint density at radius 3 is 0.431 bits per heavy atom.